The van der Waals surface area contributed by atoms with Crippen molar-refractivity contribution in [2.45, 2.75) is 78.0 Å². The Bertz CT molecular complexity index is 1350. The number of nitrogens with zero attached hydrogens (tertiary/aromatic N) is 5. The minimum atomic E-state index is -0.00836. The lowest BCUT2D eigenvalue weighted by Gasteiger charge is -2.38. The van der Waals surface area contributed by atoms with E-state index in [9.17, 15) is 4.79 Å². The zero-order valence-corrected chi connectivity index (χ0v) is 21.5. The summed E-state index contributed by atoms with van der Waals surface area (Å²) >= 11 is 0. The minimum absolute atomic E-state index is 0.00836. The fraction of sp³-hybridized carbons (Fsp3) is 0.448. The lowest BCUT2D eigenvalue weighted by Crippen LogP contribution is -2.41. The number of benzene rings is 2. The van der Waals surface area contributed by atoms with Crippen molar-refractivity contribution in [1.82, 2.24) is 30.1 Å². The third kappa shape index (κ3) is 5.12. The van der Waals surface area contributed by atoms with Gasteiger partial charge in [-0.15, -0.1) is 5.10 Å². The maximum atomic E-state index is 13.2. The third-order valence-corrected chi connectivity index (χ3v) is 7.58. The van der Waals surface area contributed by atoms with E-state index >= 15 is 0 Å². The van der Waals surface area contributed by atoms with Gasteiger partial charge in [0.15, 0.2) is 5.82 Å². The largest absolute Gasteiger partial charge is 0.321 e. The van der Waals surface area contributed by atoms with Crippen molar-refractivity contribution in [2.24, 2.45) is 5.92 Å². The molecule has 2 aromatic carbocycles. The predicted molar refractivity (Wildman–Crippen MR) is 143 cm³/mol. The van der Waals surface area contributed by atoms with Crippen molar-refractivity contribution in [2.75, 3.05) is 0 Å². The summed E-state index contributed by atoms with van der Waals surface area (Å²) in [5.74, 6) is 1.18. The van der Waals surface area contributed by atoms with Gasteiger partial charge in [-0.2, -0.15) is 0 Å². The summed E-state index contributed by atoms with van der Waals surface area (Å²) in [5.41, 5.74) is 4.07. The summed E-state index contributed by atoms with van der Waals surface area (Å²) in [4.78, 5) is 18.9. The first-order chi connectivity index (χ1) is 17.5. The Morgan fingerprint density at radius 3 is 2.61 bits per heavy atom. The highest BCUT2D eigenvalue weighted by Crippen LogP contribution is 2.36. The van der Waals surface area contributed by atoms with E-state index in [0.717, 1.165) is 53.7 Å². The van der Waals surface area contributed by atoms with Crippen LogP contribution in [0.3, 0.4) is 0 Å². The van der Waals surface area contributed by atoms with Crippen LogP contribution in [0, 0.1) is 12.8 Å². The Morgan fingerprint density at radius 1 is 1.08 bits per heavy atom. The molecule has 0 radical (unpaired) electrons. The average Bonchev–Trinajstić information content (AvgIpc) is 3.56. The second-order valence-corrected chi connectivity index (χ2v) is 10.5. The molecule has 1 N–H and O–H groups in total. The Kier molecular flexibility index (Phi) is 7.28. The number of rotatable bonds is 9. The average molecular weight is 485 g/mol. The number of pyridine rings is 1. The molecule has 4 aromatic rings. The highest BCUT2D eigenvalue weighted by molar-refractivity contribution is 5.81. The summed E-state index contributed by atoms with van der Waals surface area (Å²) < 4.78 is 1.97. The monoisotopic (exact) mass is 484 g/mol. The Labute approximate surface area is 212 Å². The van der Waals surface area contributed by atoms with Crippen LogP contribution in [-0.4, -0.2) is 36.1 Å². The fourth-order valence-electron chi connectivity index (χ4n) is 5.72. The van der Waals surface area contributed by atoms with Gasteiger partial charge in [0.2, 0.25) is 0 Å². The van der Waals surface area contributed by atoms with Crippen molar-refractivity contribution in [3.8, 4) is 0 Å². The van der Waals surface area contributed by atoms with Crippen LogP contribution in [0.4, 0.5) is 0 Å². The molecule has 7 nitrogen and oxygen atoms in total. The smallest absolute Gasteiger partial charge is 0.252 e. The molecule has 1 saturated carbocycles. The first-order valence-corrected chi connectivity index (χ1v) is 13.2. The van der Waals surface area contributed by atoms with E-state index in [-0.39, 0.29) is 17.5 Å². The molecule has 5 rings (SSSR count). The highest BCUT2D eigenvalue weighted by atomic mass is 16.1. The van der Waals surface area contributed by atoms with Gasteiger partial charge in [-0.05, 0) is 65.1 Å². The molecular formula is C29H36N6O. The zero-order chi connectivity index (χ0) is 25.1. The molecular weight excluding hydrogens is 448 g/mol. The van der Waals surface area contributed by atoms with E-state index in [2.05, 4.69) is 75.7 Å². The summed E-state index contributed by atoms with van der Waals surface area (Å²) in [6.45, 7) is 7.81. The molecule has 1 unspecified atom stereocenters. The molecule has 0 aliphatic heterocycles. The minimum Gasteiger partial charge on any atom is -0.321 e. The van der Waals surface area contributed by atoms with Crippen LogP contribution in [0.2, 0.25) is 0 Å². The van der Waals surface area contributed by atoms with Crippen molar-refractivity contribution < 1.29 is 0 Å². The van der Waals surface area contributed by atoms with E-state index in [1.54, 1.807) is 0 Å². The molecule has 7 heteroatoms. The molecule has 1 aliphatic carbocycles. The highest BCUT2D eigenvalue weighted by Gasteiger charge is 2.35. The number of aromatic amines is 1. The van der Waals surface area contributed by atoms with Crippen molar-refractivity contribution in [3.63, 3.8) is 0 Å². The number of fused-ring (bicyclic) bond motifs is 1. The quantitative estimate of drug-likeness (QED) is 0.353. The normalized spacial score (nSPS) is 15.4. The first-order valence-electron chi connectivity index (χ1n) is 13.2. The van der Waals surface area contributed by atoms with E-state index in [1.165, 1.54) is 18.4 Å². The van der Waals surface area contributed by atoms with Gasteiger partial charge >= 0.3 is 0 Å². The summed E-state index contributed by atoms with van der Waals surface area (Å²) in [5, 5.41) is 14.1. The molecule has 188 valence electrons. The third-order valence-electron chi connectivity index (χ3n) is 7.58. The topological polar surface area (TPSA) is 79.7 Å². The molecule has 0 amide bonds. The lowest BCUT2D eigenvalue weighted by atomic mass is 9.97. The second kappa shape index (κ2) is 10.7. The molecule has 36 heavy (non-hydrogen) atoms. The SMILES string of the molecule is Cc1cccc2cc(CN(C3CCCC3)C(c3nnnn3CCc3ccccc3)C(C)C)c(=O)[nH]c12. The van der Waals surface area contributed by atoms with Gasteiger partial charge in [-0.3, -0.25) is 9.69 Å². The van der Waals surface area contributed by atoms with Gasteiger partial charge in [-0.1, -0.05) is 75.2 Å². The molecule has 0 spiro atoms. The summed E-state index contributed by atoms with van der Waals surface area (Å²) in [7, 11) is 0. The number of aromatic nitrogens is 5. The van der Waals surface area contributed by atoms with Crippen LogP contribution < -0.4 is 5.56 Å². The molecule has 0 bridgehead atoms. The summed E-state index contributed by atoms with van der Waals surface area (Å²) in [6, 6.07) is 19.1. The van der Waals surface area contributed by atoms with Gasteiger partial charge in [0.05, 0.1) is 11.6 Å². The van der Waals surface area contributed by atoms with Gasteiger partial charge in [0.25, 0.3) is 5.56 Å². The van der Waals surface area contributed by atoms with Gasteiger partial charge in [-0.25, -0.2) is 4.68 Å². The Balaban J connectivity index is 1.49. The number of hydrogen-bond donors (Lipinski definition) is 1. The number of para-hydroxylation sites is 1. The van der Waals surface area contributed by atoms with Gasteiger partial charge in [0.1, 0.15) is 0 Å². The molecule has 1 atom stereocenters. The van der Waals surface area contributed by atoms with Gasteiger partial charge < -0.3 is 4.98 Å². The Hall–Kier alpha value is -3.32. The standard InChI is InChI=1S/C29H36N6O/c1-20(2)27(28-31-32-33-35(28)17-16-22-11-5-4-6-12-22)34(25-14-7-8-15-25)19-24-18-23-13-9-10-21(3)26(23)30-29(24)36/h4-6,9-13,18,20,25,27H,7-8,14-17,19H2,1-3H3,(H,30,36). The van der Waals surface area contributed by atoms with Crippen LogP contribution in [0.1, 0.15) is 68.1 Å². The van der Waals surface area contributed by atoms with E-state index in [4.69, 9.17) is 0 Å². The van der Waals surface area contributed by atoms with Crippen LogP contribution in [0.25, 0.3) is 10.9 Å². The van der Waals surface area contributed by atoms with Crippen molar-refractivity contribution in [1.29, 1.82) is 0 Å². The number of nitrogens with one attached hydrogen (secondary N) is 1. The van der Waals surface area contributed by atoms with E-state index in [1.807, 2.05) is 29.8 Å². The predicted octanol–water partition coefficient (Wildman–Crippen LogP) is 5.21. The fourth-order valence-corrected chi connectivity index (χ4v) is 5.72. The Morgan fingerprint density at radius 2 is 1.86 bits per heavy atom. The molecule has 0 saturated heterocycles. The number of tetrazole rings is 1. The number of hydrogen-bond acceptors (Lipinski definition) is 5. The number of aryl methyl sites for hydroxylation is 3. The number of H-pyrrole nitrogens is 1. The molecule has 1 aliphatic rings. The maximum Gasteiger partial charge on any atom is 0.252 e. The molecule has 2 aromatic heterocycles. The zero-order valence-electron chi connectivity index (χ0n) is 21.5. The summed E-state index contributed by atoms with van der Waals surface area (Å²) in [6.07, 6.45) is 5.59. The van der Waals surface area contributed by atoms with Crippen LogP contribution in [0.15, 0.2) is 59.4 Å². The van der Waals surface area contributed by atoms with E-state index < -0.39 is 0 Å². The van der Waals surface area contributed by atoms with Crippen molar-refractivity contribution in [3.05, 3.63) is 87.5 Å². The van der Waals surface area contributed by atoms with E-state index in [0.29, 0.717) is 12.6 Å². The lowest BCUT2D eigenvalue weighted by molar-refractivity contribution is 0.0840. The van der Waals surface area contributed by atoms with Crippen molar-refractivity contribution >= 4 is 10.9 Å². The van der Waals surface area contributed by atoms with Crippen LogP contribution in [0.5, 0.6) is 0 Å². The first kappa shape index (κ1) is 24.4. The molecule has 2 heterocycles. The maximum absolute atomic E-state index is 13.2. The van der Waals surface area contributed by atoms with Crippen LogP contribution in [-0.2, 0) is 19.5 Å². The van der Waals surface area contributed by atoms with Crippen LogP contribution >= 0.6 is 0 Å². The molecule has 1 fully saturated rings. The van der Waals surface area contributed by atoms with Gasteiger partial charge in [0, 0.05) is 24.7 Å². The second-order valence-electron chi connectivity index (χ2n) is 10.5.